The van der Waals surface area contributed by atoms with E-state index < -0.39 is 0 Å². The monoisotopic (exact) mass is 304 g/mol. The van der Waals surface area contributed by atoms with Gasteiger partial charge in [-0.25, -0.2) is 0 Å². The number of carbonyl (C=O) groups excluding carboxylic acids is 1. The van der Waals surface area contributed by atoms with Crippen LogP contribution in [0, 0.1) is 0 Å². The number of amides is 1. The Balaban J connectivity index is 1.76. The van der Waals surface area contributed by atoms with Gasteiger partial charge in [-0.1, -0.05) is 42.5 Å². The molecule has 23 heavy (non-hydrogen) atoms. The van der Waals surface area contributed by atoms with Crippen molar-refractivity contribution in [3.8, 4) is 11.1 Å². The van der Waals surface area contributed by atoms with Gasteiger partial charge in [-0.3, -0.25) is 9.59 Å². The smallest absolute Gasteiger partial charge is 0.255 e. The van der Waals surface area contributed by atoms with Gasteiger partial charge in [0, 0.05) is 30.6 Å². The fourth-order valence-corrected chi connectivity index (χ4v) is 2.27. The number of pyridine rings is 1. The van der Waals surface area contributed by atoms with Crippen LogP contribution in [-0.4, -0.2) is 10.5 Å². The number of benzene rings is 2. The maximum atomic E-state index is 12.2. The Morgan fingerprint density at radius 1 is 0.913 bits per heavy atom. The summed E-state index contributed by atoms with van der Waals surface area (Å²) in [6.07, 6.45) is 1.58. The Morgan fingerprint density at radius 3 is 2.22 bits per heavy atom. The summed E-state index contributed by atoms with van der Waals surface area (Å²) < 4.78 is 1.42. The molecule has 0 fully saturated rings. The summed E-state index contributed by atoms with van der Waals surface area (Å²) in [4.78, 5) is 23.8. The lowest BCUT2D eigenvalue weighted by Crippen LogP contribution is -2.19. The van der Waals surface area contributed by atoms with Crippen molar-refractivity contribution in [2.45, 2.75) is 0 Å². The van der Waals surface area contributed by atoms with Crippen molar-refractivity contribution in [3.05, 3.63) is 88.8 Å². The van der Waals surface area contributed by atoms with E-state index in [-0.39, 0.29) is 11.5 Å². The molecule has 0 saturated heterocycles. The van der Waals surface area contributed by atoms with Crippen molar-refractivity contribution in [3.63, 3.8) is 0 Å². The van der Waals surface area contributed by atoms with Crippen LogP contribution >= 0.6 is 0 Å². The van der Waals surface area contributed by atoms with E-state index in [2.05, 4.69) is 5.32 Å². The molecule has 0 unspecified atom stereocenters. The molecule has 1 heterocycles. The first-order valence-corrected chi connectivity index (χ1v) is 7.27. The van der Waals surface area contributed by atoms with Crippen LogP contribution < -0.4 is 10.9 Å². The van der Waals surface area contributed by atoms with Crippen LogP contribution in [0.2, 0.25) is 0 Å². The normalized spacial score (nSPS) is 10.3. The quantitative estimate of drug-likeness (QED) is 0.807. The summed E-state index contributed by atoms with van der Waals surface area (Å²) in [6.45, 7) is 0. The molecule has 0 radical (unpaired) electrons. The highest BCUT2D eigenvalue weighted by Crippen LogP contribution is 2.21. The zero-order valence-electron chi connectivity index (χ0n) is 12.7. The molecule has 3 rings (SSSR count). The van der Waals surface area contributed by atoms with Gasteiger partial charge in [0.1, 0.15) is 0 Å². The van der Waals surface area contributed by atoms with E-state index in [0.29, 0.717) is 11.3 Å². The summed E-state index contributed by atoms with van der Waals surface area (Å²) in [7, 11) is 1.65. The first-order chi connectivity index (χ1) is 11.1. The van der Waals surface area contributed by atoms with E-state index in [1.54, 1.807) is 19.3 Å². The molecule has 4 nitrogen and oxygen atoms in total. The molecule has 1 amide bonds. The number of nitrogens with zero attached hydrogens (tertiary/aromatic N) is 1. The summed E-state index contributed by atoms with van der Waals surface area (Å²) >= 11 is 0. The molecular weight excluding hydrogens is 288 g/mol. The van der Waals surface area contributed by atoms with Crippen molar-refractivity contribution < 1.29 is 4.79 Å². The average Bonchev–Trinajstić information content (AvgIpc) is 2.59. The summed E-state index contributed by atoms with van der Waals surface area (Å²) in [5.74, 6) is -0.296. The van der Waals surface area contributed by atoms with Crippen LogP contribution in [0.5, 0.6) is 0 Å². The minimum atomic E-state index is -0.296. The molecule has 0 aliphatic heterocycles. The van der Waals surface area contributed by atoms with Gasteiger partial charge < -0.3 is 9.88 Å². The molecule has 0 bridgehead atoms. The Bertz CT molecular complexity index is 881. The van der Waals surface area contributed by atoms with Crippen molar-refractivity contribution >= 4 is 11.6 Å². The molecule has 114 valence electrons. The van der Waals surface area contributed by atoms with Crippen LogP contribution in [0.25, 0.3) is 11.1 Å². The number of hydrogen-bond acceptors (Lipinski definition) is 2. The van der Waals surface area contributed by atoms with Crippen molar-refractivity contribution in [2.24, 2.45) is 7.05 Å². The molecule has 0 aliphatic rings. The van der Waals surface area contributed by atoms with Crippen molar-refractivity contribution in [1.29, 1.82) is 0 Å². The largest absolute Gasteiger partial charge is 0.322 e. The first kappa shape index (κ1) is 14.8. The van der Waals surface area contributed by atoms with Gasteiger partial charge >= 0.3 is 0 Å². The van der Waals surface area contributed by atoms with Gasteiger partial charge in [-0.05, 0) is 29.3 Å². The molecule has 3 aromatic rings. The van der Waals surface area contributed by atoms with Crippen LogP contribution in [0.3, 0.4) is 0 Å². The number of rotatable bonds is 3. The van der Waals surface area contributed by atoms with Gasteiger partial charge in [-0.15, -0.1) is 0 Å². The number of aryl methyl sites for hydroxylation is 1. The number of anilines is 1. The van der Waals surface area contributed by atoms with Gasteiger partial charge in [0.2, 0.25) is 0 Å². The molecule has 0 atom stereocenters. The summed E-state index contributed by atoms with van der Waals surface area (Å²) in [5, 5.41) is 2.80. The Kier molecular flexibility index (Phi) is 4.06. The van der Waals surface area contributed by atoms with Gasteiger partial charge in [0.15, 0.2) is 0 Å². The van der Waals surface area contributed by atoms with E-state index >= 15 is 0 Å². The molecule has 1 aromatic heterocycles. The SMILES string of the molecule is Cn1ccc(C(=O)Nc2ccc(-c3ccccc3)cc2)cc1=O. The van der Waals surface area contributed by atoms with E-state index in [9.17, 15) is 9.59 Å². The van der Waals surface area contributed by atoms with Gasteiger partial charge in [0.25, 0.3) is 11.5 Å². The molecule has 2 aromatic carbocycles. The minimum absolute atomic E-state index is 0.211. The first-order valence-electron chi connectivity index (χ1n) is 7.27. The Hall–Kier alpha value is -3.14. The average molecular weight is 304 g/mol. The fourth-order valence-electron chi connectivity index (χ4n) is 2.27. The second-order valence-electron chi connectivity index (χ2n) is 5.26. The van der Waals surface area contributed by atoms with E-state index in [4.69, 9.17) is 0 Å². The van der Waals surface area contributed by atoms with Gasteiger partial charge in [0.05, 0.1) is 0 Å². The lowest BCUT2D eigenvalue weighted by molar-refractivity contribution is 0.102. The van der Waals surface area contributed by atoms with Crippen LogP contribution in [-0.2, 0) is 7.05 Å². The lowest BCUT2D eigenvalue weighted by atomic mass is 10.1. The zero-order chi connectivity index (χ0) is 16.2. The minimum Gasteiger partial charge on any atom is -0.322 e. The third-order valence-corrected chi connectivity index (χ3v) is 3.62. The standard InChI is InChI=1S/C19H16N2O2/c1-21-12-11-16(13-18(21)22)19(23)20-17-9-7-15(8-10-17)14-5-3-2-4-6-14/h2-13H,1H3,(H,20,23). The highest BCUT2D eigenvalue weighted by atomic mass is 16.2. The fraction of sp³-hybridized carbons (Fsp3) is 0.0526. The lowest BCUT2D eigenvalue weighted by Gasteiger charge is -2.07. The number of carbonyl (C=O) groups is 1. The highest BCUT2D eigenvalue weighted by Gasteiger charge is 2.07. The molecule has 4 heteroatoms. The Labute approximate surface area is 134 Å². The number of hydrogen-bond donors (Lipinski definition) is 1. The predicted molar refractivity (Wildman–Crippen MR) is 91.5 cm³/mol. The molecule has 0 spiro atoms. The maximum absolute atomic E-state index is 12.2. The zero-order valence-corrected chi connectivity index (χ0v) is 12.7. The van der Waals surface area contributed by atoms with E-state index in [1.807, 2.05) is 54.6 Å². The highest BCUT2D eigenvalue weighted by molar-refractivity contribution is 6.04. The third-order valence-electron chi connectivity index (χ3n) is 3.62. The van der Waals surface area contributed by atoms with Crippen LogP contribution in [0.15, 0.2) is 77.7 Å². The number of nitrogens with one attached hydrogen (secondary N) is 1. The molecule has 0 saturated carbocycles. The molecule has 1 N–H and O–H groups in total. The van der Waals surface area contributed by atoms with Crippen LogP contribution in [0.1, 0.15) is 10.4 Å². The second kappa shape index (κ2) is 6.32. The van der Waals surface area contributed by atoms with Crippen LogP contribution in [0.4, 0.5) is 5.69 Å². The predicted octanol–water partition coefficient (Wildman–Crippen LogP) is 3.30. The van der Waals surface area contributed by atoms with E-state index in [1.165, 1.54) is 10.6 Å². The molecular formula is C19H16N2O2. The Morgan fingerprint density at radius 2 is 1.57 bits per heavy atom. The topological polar surface area (TPSA) is 51.1 Å². The maximum Gasteiger partial charge on any atom is 0.255 e. The summed E-state index contributed by atoms with van der Waals surface area (Å²) in [5.41, 5.74) is 3.03. The summed E-state index contributed by atoms with van der Waals surface area (Å²) in [6, 6.07) is 20.6. The van der Waals surface area contributed by atoms with E-state index in [0.717, 1.165) is 11.1 Å². The second-order valence-corrected chi connectivity index (χ2v) is 5.26. The van der Waals surface area contributed by atoms with Gasteiger partial charge in [-0.2, -0.15) is 0 Å². The van der Waals surface area contributed by atoms with Crippen molar-refractivity contribution in [2.75, 3.05) is 5.32 Å². The number of aromatic nitrogens is 1. The van der Waals surface area contributed by atoms with Crippen molar-refractivity contribution in [1.82, 2.24) is 4.57 Å². The third kappa shape index (κ3) is 3.37. The molecule has 0 aliphatic carbocycles.